The zero-order valence-corrected chi connectivity index (χ0v) is 10.0. The Morgan fingerprint density at radius 2 is 2.12 bits per heavy atom. The first kappa shape index (κ1) is 11.1. The van der Waals surface area contributed by atoms with E-state index >= 15 is 0 Å². The molecule has 0 bridgehead atoms. The molecule has 0 saturated heterocycles. The van der Waals surface area contributed by atoms with Crippen LogP contribution in [0.15, 0.2) is 46.2 Å². The Hall–Kier alpha value is -1.44. The monoisotopic (exact) mass is 214 g/mol. The Morgan fingerprint density at radius 3 is 2.69 bits per heavy atom. The van der Waals surface area contributed by atoms with Crippen molar-refractivity contribution in [2.45, 2.75) is 26.7 Å². The van der Waals surface area contributed by atoms with E-state index in [9.17, 15) is 0 Å². The van der Waals surface area contributed by atoms with E-state index in [1.807, 2.05) is 6.92 Å². The molecule has 0 aromatic carbocycles. The lowest BCUT2D eigenvalue weighted by atomic mass is 9.91. The van der Waals surface area contributed by atoms with Crippen LogP contribution in [0.5, 0.6) is 0 Å². The third-order valence-corrected chi connectivity index (χ3v) is 3.20. The van der Waals surface area contributed by atoms with Crippen molar-refractivity contribution in [3.8, 4) is 0 Å². The molecule has 84 valence electrons. The van der Waals surface area contributed by atoms with Crippen molar-refractivity contribution in [3.05, 3.63) is 36.0 Å². The summed E-state index contributed by atoms with van der Waals surface area (Å²) in [6.45, 7) is 12.2. The number of allylic oxidation sites excluding steroid dienone is 4. The SMILES string of the molecule is C=C(C)C1=C/C(=C)C(C)/C(C2CC2)=N/N=C\1. The van der Waals surface area contributed by atoms with Crippen LogP contribution < -0.4 is 0 Å². The summed E-state index contributed by atoms with van der Waals surface area (Å²) in [7, 11) is 0. The van der Waals surface area contributed by atoms with Crippen molar-refractivity contribution in [1.82, 2.24) is 0 Å². The molecule has 16 heavy (non-hydrogen) atoms. The molecule has 1 atom stereocenters. The largest absolute Gasteiger partial charge is 0.159 e. The van der Waals surface area contributed by atoms with Gasteiger partial charge in [-0.25, -0.2) is 0 Å². The molecule has 0 aromatic rings. The second kappa shape index (κ2) is 4.20. The lowest BCUT2D eigenvalue weighted by molar-refractivity contribution is 0.878. The molecule has 1 fully saturated rings. The second-order valence-electron chi connectivity index (χ2n) is 4.72. The molecule has 1 saturated carbocycles. The summed E-state index contributed by atoms with van der Waals surface area (Å²) in [5, 5.41) is 8.51. The van der Waals surface area contributed by atoms with Gasteiger partial charge in [-0.15, -0.1) is 0 Å². The lowest BCUT2D eigenvalue weighted by Crippen LogP contribution is -2.15. The summed E-state index contributed by atoms with van der Waals surface area (Å²) in [4.78, 5) is 0. The molecule has 1 unspecified atom stereocenters. The molecule has 1 aliphatic heterocycles. The summed E-state index contributed by atoms with van der Waals surface area (Å²) in [5.74, 6) is 0.947. The smallest absolute Gasteiger partial charge is 0.0570 e. The van der Waals surface area contributed by atoms with Crippen LogP contribution in [0.1, 0.15) is 26.7 Å². The van der Waals surface area contributed by atoms with Gasteiger partial charge in [0.05, 0.1) is 11.9 Å². The van der Waals surface area contributed by atoms with Crippen molar-refractivity contribution in [2.75, 3.05) is 0 Å². The van der Waals surface area contributed by atoms with Gasteiger partial charge in [-0.1, -0.05) is 20.1 Å². The summed E-state index contributed by atoms with van der Waals surface area (Å²) in [5.41, 5.74) is 4.32. The predicted molar refractivity (Wildman–Crippen MR) is 69.9 cm³/mol. The molecule has 0 N–H and O–H groups in total. The summed E-state index contributed by atoms with van der Waals surface area (Å²) in [6.07, 6.45) is 6.36. The van der Waals surface area contributed by atoms with E-state index in [2.05, 4.69) is 36.4 Å². The van der Waals surface area contributed by atoms with E-state index in [1.54, 1.807) is 6.21 Å². The molecule has 2 rings (SSSR count). The van der Waals surface area contributed by atoms with Crippen molar-refractivity contribution in [2.24, 2.45) is 22.0 Å². The fourth-order valence-electron chi connectivity index (χ4n) is 1.84. The van der Waals surface area contributed by atoms with Crippen molar-refractivity contribution < 1.29 is 0 Å². The van der Waals surface area contributed by atoms with E-state index in [1.165, 1.54) is 18.6 Å². The summed E-state index contributed by atoms with van der Waals surface area (Å²) in [6, 6.07) is 0. The van der Waals surface area contributed by atoms with Crippen LogP contribution in [0.25, 0.3) is 0 Å². The Kier molecular flexibility index (Phi) is 2.90. The van der Waals surface area contributed by atoms with Crippen molar-refractivity contribution in [3.63, 3.8) is 0 Å². The number of hydrogen-bond donors (Lipinski definition) is 0. The van der Waals surface area contributed by atoms with E-state index < -0.39 is 0 Å². The van der Waals surface area contributed by atoms with Crippen LogP contribution in [-0.4, -0.2) is 11.9 Å². The molecule has 0 amide bonds. The van der Waals surface area contributed by atoms with E-state index in [4.69, 9.17) is 0 Å². The fraction of sp³-hybridized carbons (Fsp3) is 0.429. The zero-order chi connectivity index (χ0) is 11.7. The first-order valence-corrected chi connectivity index (χ1v) is 5.76. The molecule has 1 heterocycles. The lowest BCUT2D eigenvalue weighted by Gasteiger charge is -2.16. The number of rotatable bonds is 2. The Labute approximate surface area is 97.2 Å². The van der Waals surface area contributed by atoms with Gasteiger partial charge in [-0.2, -0.15) is 10.2 Å². The van der Waals surface area contributed by atoms with Crippen LogP contribution in [0.4, 0.5) is 0 Å². The summed E-state index contributed by atoms with van der Waals surface area (Å²) >= 11 is 0. The van der Waals surface area contributed by atoms with E-state index in [0.717, 1.165) is 16.7 Å². The minimum atomic E-state index is 0.305. The maximum absolute atomic E-state index is 4.35. The second-order valence-corrected chi connectivity index (χ2v) is 4.72. The highest BCUT2D eigenvalue weighted by atomic mass is 15.2. The minimum Gasteiger partial charge on any atom is -0.159 e. The number of nitrogens with zero attached hydrogens (tertiary/aromatic N) is 2. The molecule has 2 nitrogen and oxygen atoms in total. The Balaban J connectivity index is 2.32. The van der Waals surface area contributed by atoms with Gasteiger partial charge in [0.2, 0.25) is 0 Å². The molecule has 2 heteroatoms. The van der Waals surface area contributed by atoms with Crippen LogP contribution in [0.2, 0.25) is 0 Å². The van der Waals surface area contributed by atoms with Gasteiger partial charge in [0, 0.05) is 5.92 Å². The summed E-state index contributed by atoms with van der Waals surface area (Å²) < 4.78 is 0. The van der Waals surface area contributed by atoms with Gasteiger partial charge >= 0.3 is 0 Å². The molecule has 1 aliphatic carbocycles. The van der Waals surface area contributed by atoms with Gasteiger partial charge in [-0.05, 0) is 48.5 Å². The minimum absolute atomic E-state index is 0.305. The third kappa shape index (κ3) is 2.21. The van der Waals surface area contributed by atoms with Crippen molar-refractivity contribution >= 4 is 11.9 Å². The molecular formula is C14H18N2. The van der Waals surface area contributed by atoms with Gasteiger partial charge in [-0.3, -0.25) is 0 Å². The molecule has 2 aliphatic rings. The highest BCUT2D eigenvalue weighted by Crippen LogP contribution is 2.36. The van der Waals surface area contributed by atoms with Gasteiger partial charge < -0.3 is 0 Å². The Morgan fingerprint density at radius 1 is 1.44 bits per heavy atom. The van der Waals surface area contributed by atoms with Crippen LogP contribution in [0.3, 0.4) is 0 Å². The van der Waals surface area contributed by atoms with Gasteiger partial charge in [0.1, 0.15) is 0 Å². The van der Waals surface area contributed by atoms with Gasteiger partial charge in [0.25, 0.3) is 0 Å². The molecule has 0 radical (unpaired) electrons. The predicted octanol–water partition coefficient (Wildman–Crippen LogP) is 3.53. The maximum Gasteiger partial charge on any atom is 0.0570 e. The zero-order valence-electron chi connectivity index (χ0n) is 10.0. The first-order valence-electron chi connectivity index (χ1n) is 5.76. The van der Waals surface area contributed by atoms with Crippen LogP contribution in [-0.2, 0) is 0 Å². The normalized spacial score (nSPS) is 34.1. The fourth-order valence-corrected chi connectivity index (χ4v) is 1.84. The number of hydrogen-bond acceptors (Lipinski definition) is 2. The van der Waals surface area contributed by atoms with E-state index in [-0.39, 0.29) is 0 Å². The average molecular weight is 214 g/mol. The quantitative estimate of drug-likeness (QED) is 0.671. The molecule has 0 spiro atoms. The van der Waals surface area contributed by atoms with Crippen molar-refractivity contribution in [1.29, 1.82) is 0 Å². The maximum atomic E-state index is 4.35. The Bertz CT molecular complexity index is 420. The molecule has 0 aromatic heterocycles. The van der Waals surface area contributed by atoms with Gasteiger partial charge in [0.15, 0.2) is 0 Å². The third-order valence-electron chi connectivity index (χ3n) is 3.20. The highest BCUT2D eigenvalue weighted by Gasteiger charge is 2.32. The molecular weight excluding hydrogens is 196 g/mol. The first-order chi connectivity index (χ1) is 7.59. The van der Waals surface area contributed by atoms with Crippen LogP contribution >= 0.6 is 0 Å². The highest BCUT2D eigenvalue weighted by molar-refractivity contribution is 5.95. The topological polar surface area (TPSA) is 24.7 Å². The van der Waals surface area contributed by atoms with Crippen LogP contribution in [0, 0.1) is 11.8 Å². The average Bonchev–Trinajstić information content (AvgIpc) is 3.02. The standard InChI is InChI=1S/C14H18N2/c1-9(2)13-7-10(3)11(4)14(12-5-6-12)16-15-8-13/h7-8,11-12H,1,3,5-6H2,2,4H3/b13-7+,15-8-,16-14-. The van der Waals surface area contributed by atoms with E-state index in [0.29, 0.717) is 11.8 Å².